The molecule has 2 N–H and O–H groups in total. The number of imide groups is 2. The van der Waals surface area contributed by atoms with Crippen LogP contribution in [0.3, 0.4) is 0 Å². The lowest BCUT2D eigenvalue weighted by molar-refractivity contribution is -0.295. The van der Waals surface area contributed by atoms with Gasteiger partial charge in [-0.1, -0.05) is 79.9 Å². The number of amides is 4. The van der Waals surface area contributed by atoms with Crippen molar-refractivity contribution >= 4 is 40.6 Å². The van der Waals surface area contributed by atoms with Gasteiger partial charge in [0.15, 0.2) is 29.3 Å². The number of nitrogens with zero attached hydrogens (tertiary/aromatic N) is 7. The van der Waals surface area contributed by atoms with Crippen LogP contribution in [0.5, 0.6) is 0 Å². The van der Waals surface area contributed by atoms with Crippen molar-refractivity contribution in [1.82, 2.24) is 29.7 Å². The molecule has 15 heteroatoms. The Kier molecular flexibility index (Phi) is 10.4. The highest BCUT2D eigenvalue weighted by molar-refractivity contribution is 6.27. The lowest BCUT2D eigenvalue weighted by atomic mass is 10.1. The molecule has 2 aliphatic heterocycles. The van der Waals surface area contributed by atoms with E-state index in [-0.39, 0.29) is 45.8 Å². The van der Waals surface area contributed by atoms with Crippen LogP contribution in [-0.4, -0.2) is 95.0 Å². The molecular formula is C38H37N7O8. The van der Waals surface area contributed by atoms with Gasteiger partial charge in [0, 0.05) is 17.7 Å². The third-order valence-corrected chi connectivity index (χ3v) is 9.21. The Morgan fingerprint density at radius 2 is 1.43 bits per heavy atom. The molecule has 4 atom stereocenters. The zero-order chi connectivity index (χ0) is 37.1. The van der Waals surface area contributed by atoms with Gasteiger partial charge in [-0.3, -0.25) is 28.6 Å². The average molecular weight is 720 g/mol. The predicted molar refractivity (Wildman–Crippen MR) is 189 cm³/mol. The van der Waals surface area contributed by atoms with Crippen LogP contribution in [0, 0.1) is 0 Å². The zero-order valence-electron chi connectivity index (χ0n) is 28.8. The third-order valence-electron chi connectivity index (χ3n) is 9.21. The number of ether oxygens (including phenoxy) is 1. The summed E-state index contributed by atoms with van der Waals surface area (Å²) in [6.07, 6.45) is 0.633. The van der Waals surface area contributed by atoms with Crippen molar-refractivity contribution in [3.63, 3.8) is 0 Å². The number of imidazole rings is 1. The molecule has 2 aromatic heterocycles. The van der Waals surface area contributed by atoms with E-state index in [0.717, 1.165) is 34.3 Å². The number of anilines is 1. The van der Waals surface area contributed by atoms with E-state index in [1.807, 2.05) is 0 Å². The molecule has 4 heterocycles. The molecule has 2 aliphatic rings. The largest absolute Gasteiger partial charge is 0.394 e. The number of carbonyl (C=O) groups excluding carboxylic acids is 4. The maximum absolute atomic E-state index is 14.0. The van der Waals surface area contributed by atoms with Gasteiger partial charge in [-0.15, -0.1) is 0 Å². The second kappa shape index (κ2) is 15.5. The summed E-state index contributed by atoms with van der Waals surface area (Å²) in [5.74, 6) is -2.57. The van der Waals surface area contributed by atoms with Crippen molar-refractivity contribution in [2.24, 2.45) is 0 Å². The summed E-state index contributed by atoms with van der Waals surface area (Å²) in [5, 5.41) is 23.7. The molecule has 0 radical (unpaired) electrons. The van der Waals surface area contributed by atoms with E-state index < -0.39 is 54.8 Å². The minimum absolute atomic E-state index is 0.0575. The van der Waals surface area contributed by atoms with E-state index in [1.165, 1.54) is 17.2 Å². The van der Waals surface area contributed by atoms with E-state index in [4.69, 9.17) is 9.57 Å². The zero-order valence-corrected chi connectivity index (χ0v) is 28.8. The number of hydrazine groups is 1. The minimum Gasteiger partial charge on any atom is -0.394 e. The second-order valence-corrected chi connectivity index (χ2v) is 12.6. The first kappa shape index (κ1) is 35.7. The van der Waals surface area contributed by atoms with Gasteiger partial charge in [-0.25, -0.2) is 19.9 Å². The van der Waals surface area contributed by atoms with Crippen molar-refractivity contribution in [3.05, 3.63) is 120 Å². The van der Waals surface area contributed by atoms with E-state index in [2.05, 4.69) is 21.9 Å². The summed E-state index contributed by atoms with van der Waals surface area (Å²) in [4.78, 5) is 75.7. The van der Waals surface area contributed by atoms with E-state index in [9.17, 15) is 29.4 Å². The lowest BCUT2D eigenvalue weighted by Crippen LogP contribution is -2.51. The fourth-order valence-corrected chi connectivity index (χ4v) is 6.49. The molecule has 0 bridgehead atoms. The lowest BCUT2D eigenvalue weighted by Gasteiger charge is -2.33. The van der Waals surface area contributed by atoms with Gasteiger partial charge in [-0.05, 0) is 42.8 Å². The molecule has 1 saturated heterocycles. The monoisotopic (exact) mass is 719 g/mol. The number of aromatic nitrogens is 4. The molecule has 7 rings (SSSR count). The Morgan fingerprint density at radius 1 is 0.830 bits per heavy atom. The van der Waals surface area contributed by atoms with Crippen molar-refractivity contribution in [3.8, 4) is 0 Å². The van der Waals surface area contributed by atoms with E-state index >= 15 is 0 Å². The fourth-order valence-electron chi connectivity index (χ4n) is 6.49. The molecule has 53 heavy (non-hydrogen) atoms. The quantitative estimate of drug-likeness (QED) is 0.102. The molecule has 15 nitrogen and oxygen atoms in total. The molecular weight excluding hydrogens is 682 g/mol. The molecule has 0 saturated carbocycles. The van der Waals surface area contributed by atoms with Crippen LogP contribution in [0.15, 0.2) is 97.6 Å². The van der Waals surface area contributed by atoms with Crippen LogP contribution in [-0.2, 0) is 9.57 Å². The maximum Gasteiger partial charge on any atom is 0.278 e. The molecule has 2 unspecified atom stereocenters. The summed E-state index contributed by atoms with van der Waals surface area (Å²) in [7, 11) is 0. The highest BCUT2D eigenvalue weighted by Gasteiger charge is 2.50. The van der Waals surface area contributed by atoms with Gasteiger partial charge in [0.05, 0.1) is 24.1 Å². The van der Waals surface area contributed by atoms with Crippen LogP contribution < -0.4 is 4.90 Å². The number of rotatable bonds is 13. The highest BCUT2D eigenvalue weighted by Crippen LogP contribution is 2.37. The Hall–Kier alpha value is -5.71. The van der Waals surface area contributed by atoms with Crippen molar-refractivity contribution < 1.29 is 39.0 Å². The fraction of sp³-hybridized carbons (Fsp3) is 0.289. The van der Waals surface area contributed by atoms with Crippen LogP contribution in [0.4, 0.5) is 5.82 Å². The smallest absolute Gasteiger partial charge is 0.278 e. The molecule has 0 spiro atoms. The van der Waals surface area contributed by atoms with Gasteiger partial charge >= 0.3 is 0 Å². The van der Waals surface area contributed by atoms with Crippen LogP contribution in [0.25, 0.3) is 11.2 Å². The van der Waals surface area contributed by atoms with E-state index in [0.29, 0.717) is 6.42 Å². The molecule has 0 aliphatic carbocycles. The number of aliphatic hydroxyl groups excluding tert-OH is 2. The Labute approximate surface area is 303 Å². The molecule has 5 aromatic rings. The number of hydrogen-bond donors (Lipinski definition) is 2. The van der Waals surface area contributed by atoms with Crippen molar-refractivity contribution in [2.75, 3.05) is 18.1 Å². The standard InChI is InChI=1S/C38H37N7O8/c1-2-3-4-13-20-43(45-36(50)26-18-11-12-19-27(26)37(45)51)53-31-30(47)28(21-46)52-38(31)42-23-41-29-32(42)39-22-40-33(29)44(34(48)24-14-7-5-8-15-24)35(49)25-16-9-6-10-17-25/h5-12,14-19,22-23,28,30-31,38,46-47H,2-4,13,20-21H2,1H3/t28-,30?,31?,38-/m1/s1. The SMILES string of the molecule is CCCCCCN(OC1C(O)[C@@H](CO)O[C@H]1n1cnc2c(N(C(=O)c3ccccc3)C(=O)c3ccccc3)ncnc21)N1C(=O)c2ccccc2C1=O. The molecule has 4 amide bonds. The first-order valence-electron chi connectivity index (χ1n) is 17.4. The Morgan fingerprint density at radius 3 is 2.02 bits per heavy atom. The average Bonchev–Trinajstić information content (AvgIpc) is 3.84. The van der Waals surface area contributed by atoms with Gasteiger partial charge in [0.25, 0.3) is 23.6 Å². The minimum atomic E-state index is -1.44. The Bertz CT molecular complexity index is 2040. The first-order chi connectivity index (χ1) is 25.8. The van der Waals surface area contributed by atoms with Crippen LogP contribution >= 0.6 is 0 Å². The van der Waals surface area contributed by atoms with E-state index in [1.54, 1.807) is 84.9 Å². The van der Waals surface area contributed by atoms with Crippen LogP contribution in [0.1, 0.15) is 80.3 Å². The van der Waals surface area contributed by atoms with Crippen molar-refractivity contribution in [2.45, 2.75) is 57.1 Å². The first-order valence-corrected chi connectivity index (χ1v) is 17.4. The third kappa shape index (κ3) is 6.71. The normalized spacial score (nSPS) is 19.7. The summed E-state index contributed by atoms with van der Waals surface area (Å²) in [6, 6.07) is 23.0. The Balaban J connectivity index is 1.27. The summed E-state index contributed by atoms with van der Waals surface area (Å²) >= 11 is 0. The number of fused-ring (bicyclic) bond motifs is 2. The second-order valence-electron chi connectivity index (χ2n) is 12.6. The van der Waals surface area contributed by atoms with Gasteiger partial charge < -0.3 is 14.9 Å². The number of aliphatic hydroxyl groups is 2. The number of hydroxylamine groups is 1. The maximum atomic E-state index is 14.0. The van der Waals surface area contributed by atoms with Crippen LogP contribution in [0.2, 0.25) is 0 Å². The summed E-state index contributed by atoms with van der Waals surface area (Å²) < 4.78 is 7.55. The van der Waals surface area contributed by atoms with Gasteiger partial charge in [-0.2, -0.15) is 5.01 Å². The van der Waals surface area contributed by atoms with Gasteiger partial charge in [0.2, 0.25) is 0 Å². The number of carbonyl (C=O) groups is 4. The van der Waals surface area contributed by atoms with Crippen molar-refractivity contribution in [1.29, 1.82) is 0 Å². The van der Waals surface area contributed by atoms with Gasteiger partial charge in [0.1, 0.15) is 18.5 Å². The molecule has 1 fully saturated rings. The molecule has 272 valence electrons. The number of unbranched alkanes of at least 4 members (excludes halogenated alkanes) is 3. The number of benzene rings is 3. The number of hydrogen-bond acceptors (Lipinski definition) is 12. The molecule has 3 aromatic carbocycles. The predicted octanol–water partition coefficient (Wildman–Crippen LogP) is 3.96. The summed E-state index contributed by atoms with van der Waals surface area (Å²) in [5.41, 5.74) is 1.08. The highest BCUT2D eigenvalue weighted by atomic mass is 16.7. The summed E-state index contributed by atoms with van der Waals surface area (Å²) in [6.45, 7) is 1.60. The topological polar surface area (TPSA) is 181 Å².